The largest absolute Gasteiger partial charge is 0.489 e. The maximum atomic E-state index is 11.1. The SMILES string of the molecule is C[C@](N)(CC(=O)O)c1ncc(-c2ccc(Sc3cccc(OCc4ccccc4)c3)cc2Cl)s1. The number of hydrogen-bond donors (Lipinski definition) is 2. The summed E-state index contributed by atoms with van der Waals surface area (Å²) in [6.07, 6.45) is 1.49. The number of carboxylic acid groups (broad SMARTS) is 1. The number of rotatable bonds is 9. The molecule has 5 nitrogen and oxygen atoms in total. The minimum absolute atomic E-state index is 0.197. The second kappa shape index (κ2) is 10.6. The molecular formula is C26H23ClN2O3S2. The van der Waals surface area contributed by atoms with Gasteiger partial charge >= 0.3 is 5.97 Å². The van der Waals surface area contributed by atoms with Crippen molar-refractivity contribution in [1.82, 2.24) is 4.98 Å². The van der Waals surface area contributed by atoms with Crippen LogP contribution in [-0.4, -0.2) is 16.1 Å². The van der Waals surface area contributed by atoms with Crippen LogP contribution >= 0.6 is 34.7 Å². The van der Waals surface area contributed by atoms with Crippen molar-refractivity contribution in [1.29, 1.82) is 0 Å². The molecule has 8 heteroatoms. The van der Waals surface area contributed by atoms with Crippen molar-refractivity contribution < 1.29 is 14.6 Å². The van der Waals surface area contributed by atoms with E-state index in [-0.39, 0.29) is 6.42 Å². The molecule has 3 aromatic carbocycles. The Labute approximate surface area is 211 Å². The van der Waals surface area contributed by atoms with Crippen LogP contribution in [0.5, 0.6) is 5.75 Å². The van der Waals surface area contributed by atoms with Gasteiger partial charge in [0.05, 0.1) is 21.9 Å². The van der Waals surface area contributed by atoms with Crippen LogP contribution in [0.2, 0.25) is 5.02 Å². The summed E-state index contributed by atoms with van der Waals surface area (Å²) in [6.45, 7) is 2.18. The molecule has 174 valence electrons. The monoisotopic (exact) mass is 510 g/mol. The first-order valence-corrected chi connectivity index (χ1v) is 12.5. The predicted molar refractivity (Wildman–Crippen MR) is 138 cm³/mol. The zero-order valence-electron chi connectivity index (χ0n) is 18.4. The van der Waals surface area contributed by atoms with Crippen LogP contribution in [0.3, 0.4) is 0 Å². The topological polar surface area (TPSA) is 85.4 Å². The number of ether oxygens (including phenoxy) is 1. The average molecular weight is 511 g/mol. The number of nitrogens with two attached hydrogens (primary N) is 1. The van der Waals surface area contributed by atoms with Crippen LogP contribution in [0.15, 0.2) is 88.8 Å². The lowest BCUT2D eigenvalue weighted by atomic mass is 10.0. The van der Waals surface area contributed by atoms with E-state index in [1.807, 2.05) is 72.8 Å². The van der Waals surface area contributed by atoms with E-state index in [4.69, 9.17) is 27.2 Å². The third kappa shape index (κ3) is 6.18. The number of aliphatic carboxylic acids is 1. The zero-order chi connectivity index (χ0) is 24.1. The molecule has 0 aliphatic rings. The van der Waals surface area contributed by atoms with Crippen LogP contribution in [0.4, 0.5) is 0 Å². The van der Waals surface area contributed by atoms with Crippen molar-refractivity contribution in [2.45, 2.75) is 35.3 Å². The minimum atomic E-state index is -1.04. The van der Waals surface area contributed by atoms with Gasteiger partial charge in [0, 0.05) is 21.6 Å². The number of carboxylic acids is 1. The van der Waals surface area contributed by atoms with Gasteiger partial charge in [0.25, 0.3) is 0 Å². The van der Waals surface area contributed by atoms with Gasteiger partial charge in [-0.1, -0.05) is 65.8 Å². The molecule has 4 rings (SSSR count). The second-order valence-electron chi connectivity index (χ2n) is 8.01. The van der Waals surface area contributed by atoms with E-state index >= 15 is 0 Å². The van der Waals surface area contributed by atoms with Gasteiger partial charge in [-0.05, 0) is 42.8 Å². The summed E-state index contributed by atoms with van der Waals surface area (Å²) in [5.41, 5.74) is 7.08. The molecular weight excluding hydrogens is 488 g/mol. The molecule has 1 atom stereocenters. The van der Waals surface area contributed by atoms with Gasteiger partial charge in [-0.25, -0.2) is 4.98 Å². The molecule has 0 saturated heterocycles. The highest BCUT2D eigenvalue weighted by molar-refractivity contribution is 7.99. The number of hydrogen-bond acceptors (Lipinski definition) is 6. The fourth-order valence-corrected chi connectivity index (χ4v) is 5.64. The Morgan fingerprint density at radius 1 is 1.12 bits per heavy atom. The highest BCUT2D eigenvalue weighted by Gasteiger charge is 2.28. The number of carbonyl (C=O) groups is 1. The van der Waals surface area contributed by atoms with Gasteiger partial charge in [0.15, 0.2) is 0 Å². The Balaban J connectivity index is 1.45. The van der Waals surface area contributed by atoms with E-state index in [1.165, 1.54) is 11.3 Å². The molecule has 0 saturated carbocycles. The third-order valence-corrected chi connectivity index (χ3v) is 7.61. The lowest BCUT2D eigenvalue weighted by Gasteiger charge is -2.18. The molecule has 34 heavy (non-hydrogen) atoms. The molecule has 0 radical (unpaired) electrons. The summed E-state index contributed by atoms with van der Waals surface area (Å²) in [6, 6.07) is 23.9. The summed E-state index contributed by atoms with van der Waals surface area (Å²) in [7, 11) is 0. The van der Waals surface area contributed by atoms with Crippen molar-refractivity contribution in [3.63, 3.8) is 0 Å². The van der Waals surface area contributed by atoms with Crippen LogP contribution in [-0.2, 0) is 16.9 Å². The zero-order valence-corrected chi connectivity index (χ0v) is 20.8. The first-order chi connectivity index (χ1) is 16.3. The number of halogens is 1. The predicted octanol–water partition coefficient (Wildman–Crippen LogP) is 6.84. The quantitative estimate of drug-likeness (QED) is 0.256. The van der Waals surface area contributed by atoms with Gasteiger partial charge in [0.2, 0.25) is 0 Å². The van der Waals surface area contributed by atoms with E-state index in [9.17, 15) is 4.79 Å². The van der Waals surface area contributed by atoms with Crippen LogP contribution in [0.1, 0.15) is 23.9 Å². The summed E-state index contributed by atoms with van der Waals surface area (Å²) in [4.78, 5) is 18.3. The fourth-order valence-electron chi connectivity index (χ4n) is 3.32. The Morgan fingerprint density at radius 3 is 2.62 bits per heavy atom. The van der Waals surface area contributed by atoms with E-state index in [0.29, 0.717) is 16.6 Å². The number of aromatic nitrogens is 1. The molecule has 0 bridgehead atoms. The average Bonchev–Trinajstić information content (AvgIpc) is 3.29. The van der Waals surface area contributed by atoms with Crippen LogP contribution in [0.25, 0.3) is 10.4 Å². The van der Waals surface area contributed by atoms with E-state index in [1.54, 1.807) is 24.9 Å². The van der Waals surface area contributed by atoms with E-state index in [2.05, 4.69) is 4.98 Å². The first kappa shape index (κ1) is 24.3. The number of benzene rings is 3. The molecule has 1 heterocycles. The van der Waals surface area contributed by atoms with Gasteiger partial charge < -0.3 is 15.6 Å². The Kier molecular flexibility index (Phi) is 7.58. The molecule has 0 amide bonds. The van der Waals surface area contributed by atoms with Gasteiger partial charge in [-0.15, -0.1) is 11.3 Å². The minimum Gasteiger partial charge on any atom is -0.489 e. The summed E-state index contributed by atoms with van der Waals surface area (Å²) in [5, 5.41) is 10.2. The Bertz CT molecular complexity index is 1290. The van der Waals surface area contributed by atoms with Crippen molar-refractivity contribution in [2.24, 2.45) is 5.73 Å². The first-order valence-electron chi connectivity index (χ1n) is 10.5. The molecule has 0 fully saturated rings. The van der Waals surface area contributed by atoms with E-state index in [0.717, 1.165) is 31.5 Å². The van der Waals surface area contributed by atoms with Crippen LogP contribution in [0, 0.1) is 0 Å². The fraction of sp³-hybridized carbons (Fsp3) is 0.154. The van der Waals surface area contributed by atoms with Gasteiger partial charge in [-0.3, -0.25) is 4.79 Å². The summed E-state index contributed by atoms with van der Waals surface area (Å²) < 4.78 is 5.93. The highest BCUT2D eigenvalue weighted by atomic mass is 35.5. The summed E-state index contributed by atoms with van der Waals surface area (Å²) >= 11 is 9.56. The summed E-state index contributed by atoms with van der Waals surface area (Å²) in [5.74, 6) is -0.157. The van der Waals surface area contributed by atoms with Crippen molar-refractivity contribution in [2.75, 3.05) is 0 Å². The molecule has 4 aromatic rings. The second-order valence-corrected chi connectivity index (χ2v) is 10.6. The Morgan fingerprint density at radius 2 is 1.88 bits per heavy atom. The molecule has 0 spiro atoms. The highest BCUT2D eigenvalue weighted by Crippen LogP contribution is 2.39. The molecule has 3 N–H and O–H groups in total. The maximum Gasteiger partial charge on any atom is 0.305 e. The third-order valence-electron chi connectivity index (χ3n) is 5.01. The smallest absolute Gasteiger partial charge is 0.305 e. The normalized spacial score (nSPS) is 12.8. The molecule has 0 aliphatic heterocycles. The number of nitrogens with zero attached hydrogens (tertiary/aromatic N) is 1. The maximum absolute atomic E-state index is 11.1. The van der Waals surface area contributed by atoms with Crippen molar-refractivity contribution in [3.8, 4) is 16.2 Å². The van der Waals surface area contributed by atoms with Gasteiger partial charge in [-0.2, -0.15) is 0 Å². The lowest BCUT2D eigenvalue weighted by Crippen LogP contribution is -2.35. The lowest BCUT2D eigenvalue weighted by molar-refractivity contribution is -0.138. The molecule has 1 aromatic heterocycles. The Hall–Kier alpha value is -2.84. The standard InChI is InChI=1S/C26H23ClN2O3S2/c1-26(28,14-24(30)31)25-29-15-23(34-25)21-11-10-20(13-22(21)27)33-19-9-5-8-18(12-19)32-16-17-6-3-2-4-7-17/h2-13,15H,14,16,28H2,1H3,(H,30,31)/t26-/m0/s1. The van der Waals surface area contributed by atoms with Gasteiger partial charge in [0.1, 0.15) is 17.4 Å². The molecule has 0 unspecified atom stereocenters. The van der Waals surface area contributed by atoms with Crippen molar-refractivity contribution >= 4 is 40.7 Å². The van der Waals surface area contributed by atoms with Crippen molar-refractivity contribution in [3.05, 3.63) is 94.6 Å². The molecule has 0 aliphatic carbocycles. The van der Waals surface area contributed by atoms with Crippen LogP contribution < -0.4 is 10.5 Å². The number of thiazole rings is 1. The van der Waals surface area contributed by atoms with E-state index < -0.39 is 11.5 Å².